The van der Waals surface area contributed by atoms with Crippen LogP contribution in [-0.2, 0) is 0 Å². The van der Waals surface area contributed by atoms with Gasteiger partial charge in [0.1, 0.15) is 5.56 Å². The summed E-state index contributed by atoms with van der Waals surface area (Å²) in [5.74, 6) is 2.00. The number of hydrogen-bond acceptors (Lipinski definition) is 3. The highest BCUT2D eigenvalue weighted by Crippen LogP contribution is 2.17. The highest BCUT2D eigenvalue weighted by Gasteiger charge is 2.20. The summed E-state index contributed by atoms with van der Waals surface area (Å²) >= 11 is 0. The van der Waals surface area contributed by atoms with Crippen molar-refractivity contribution in [2.45, 2.75) is 25.8 Å². The third-order valence-corrected chi connectivity index (χ3v) is 2.54. The van der Waals surface area contributed by atoms with Gasteiger partial charge < -0.3 is 5.32 Å². The molecule has 18 heavy (non-hydrogen) atoms. The van der Waals surface area contributed by atoms with Crippen molar-refractivity contribution in [1.82, 2.24) is 5.32 Å². The van der Waals surface area contributed by atoms with Crippen LogP contribution in [0.15, 0.2) is 24.3 Å². The van der Waals surface area contributed by atoms with Crippen LogP contribution in [0, 0.1) is 22.5 Å². The molecule has 0 saturated carbocycles. The zero-order chi connectivity index (χ0) is 13.5. The molecule has 1 aromatic rings. The molecule has 1 atom stereocenters. The van der Waals surface area contributed by atoms with Crippen LogP contribution in [0.2, 0.25) is 0 Å². The molecule has 0 aromatic heterocycles. The minimum Gasteiger partial charge on any atom is -0.348 e. The summed E-state index contributed by atoms with van der Waals surface area (Å²) in [5.41, 5.74) is -0.150. The van der Waals surface area contributed by atoms with E-state index >= 15 is 0 Å². The van der Waals surface area contributed by atoms with Gasteiger partial charge in [-0.05, 0) is 12.5 Å². The van der Waals surface area contributed by atoms with E-state index in [2.05, 4.69) is 11.2 Å². The molecule has 0 heterocycles. The zero-order valence-electron chi connectivity index (χ0n) is 10.1. The highest BCUT2D eigenvalue weighted by atomic mass is 16.6. The maximum Gasteiger partial charge on any atom is 0.282 e. The zero-order valence-corrected chi connectivity index (χ0v) is 10.1. The largest absolute Gasteiger partial charge is 0.348 e. The quantitative estimate of drug-likeness (QED) is 0.491. The molecule has 5 heteroatoms. The number of benzene rings is 1. The molecule has 0 aliphatic rings. The fourth-order valence-electron chi connectivity index (χ4n) is 1.53. The Morgan fingerprint density at radius 2 is 2.22 bits per heavy atom. The molecule has 0 aliphatic heterocycles. The highest BCUT2D eigenvalue weighted by molar-refractivity contribution is 5.98. The lowest BCUT2D eigenvalue weighted by Gasteiger charge is -2.14. The topological polar surface area (TPSA) is 72.2 Å². The summed E-state index contributed by atoms with van der Waals surface area (Å²) in [5, 5.41) is 13.5. The molecule has 1 aromatic carbocycles. The number of para-hydroxylation sites is 1. The van der Waals surface area contributed by atoms with Crippen LogP contribution in [-0.4, -0.2) is 16.9 Å². The van der Waals surface area contributed by atoms with Crippen molar-refractivity contribution in [2.75, 3.05) is 0 Å². The Kier molecular flexibility index (Phi) is 4.88. The van der Waals surface area contributed by atoms with Gasteiger partial charge in [-0.3, -0.25) is 14.9 Å². The minimum absolute atomic E-state index is 0.0537. The second kappa shape index (κ2) is 6.40. The van der Waals surface area contributed by atoms with E-state index in [0.717, 1.165) is 0 Å². The molecule has 0 radical (unpaired) electrons. The smallest absolute Gasteiger partial charge is 0.282 e. The van der Waals surface area contributed by atoms with E-state index in [0.29, 0.717) is 12.8 Å². The van der Waals surface area contributed by atoms with Gasteiger partial charge in [-0.2, -0.15) is 0 Å². The monoisotopic (exact) mass is 246 g/mol. The molecule has 1 amide bonds. The molecule has 5 nitrogen and oxygen atoms in total. The molecule has 0 spiro atoms. The number of carbonyl (C=O) groups excluding carboxylic acids is 1. The molecular weight excluding hydrogens is 232 g/mol. The van der Waals surface area contributed by atoms with Gasteiger partial charge in [0.2, 0.25) is 0 Å². The predicted molar refractivity (Wildman–Crippen MR) is 68.1 cm³/mol. The van der Waals surface area contributed by atoms with Gasteiger partial charge in [-0.1, -0.05) is 19.1 Å². The summed E-state index contributed by atoms with van der Waals surface area (Å²) in [7, 11) is 0. The van der Waals surface area contributed by atoms with Crippen molar-refractivity contribution in [3.63, 3.8) is 0 Å². The maximum absolute atomic E-state index is 11.9. The maximum atomic E-state index is 11.9. The third kappa shape index (κ3) is 3.32. The van der Waals surface area contributed by atoms with Gasteiger partial charge in [0.05, 0.1) is 4.92 Å². The number of terminal acetylenes is 1. The number of amides is 1. The number of nitro groups is 1. The Labute approximate surface area is 105 Å². The van der Waals surface area contributed by atoms with Crippen molar-refractivity contribution in [3.8, 4) is 12.3 Å². The molecule has 94 valence electrons. The number of hydrogen-bond donors (Lipinski definition) is 1. The summed E-state index contributed by atoms with van der Waals surface area (Å²) < 4.78 is 0. The number of nitro benzene ring substituents is 1. The second-order valence-electron chi connectivity index (χ2n) is 3.76. The Balaban J connectivity index is 2.91. The van der Waals surface area contributed by atoms with E-state index < -0.39 is 10.8 Å². The van der Waals surface area contributed by atoms with Gasteiger partial charge in [-0.25, -0.2) is 0 Å². The molecule has 0 aliphatic carbocycles. The molecular formula is C13H14N2O3. The lowest BCUT2D eigenvalue weighted by molar-refractivity contribution is -0.385. The van der Waals surface area contributed by atoms with Crippen molar-refractivity contribution in [2.24, 2.45) is 0 Å². The first-order chi connectivity index (χ1) is 8.60. The Bertz CT molecular complexity index is 491. The first-order valence-corrected chi connectivity index (χ1v) is 5.57. The average Bonchev–Trinajstić information content (AvgIpc) is 2.38. The van der Waals surface area contributed by atoms with E-state index in [-0.39, 0.29) is 17.3 Å². The molecule has 1 unspecified atom stereocenters. The Hall–Kier alpha value is -2.35. The van der Waals surface area contributed by atoms with Crippen LogP contribution < -0.4 is 5.32 Å². The summed E-state index contributed by atoms with van der Waals surface area (Å²) in [6.07, 6.45) is 6.27. The molecule has 1 rings (SSSR count). The lowest BCUT2D eigenvalue weighted by Crippen LogP contribution is -2.34. The molecule has 0 fully saturated rings. The van der Waals surface area contributed by atoms with Gasteiger partial charge >= 0.3 is 0 Å². The summed E-state index contributed by atoms with van der Waals surface area (Å²) in [6, 6.07) is 5.67. The standard InChI is InChI=1S/C13H14N2O3/c1-3-7-10(4-2)14-13(16)11-8-5-6-9-12(11)15(17)18/h1,5-6,8-10H,4,7H2,2H3,(H,14,16). The summed E-state index contributed by atoms with van der Waals surface area (Å²) in [6.45, 7) is 1.89. The Morgan fingerprint density at radius 1 is 1.56 bits per heavy atom. The average molecular weight is 246 g/mol. The van der Waals surface area contributed by atoms with Crippen LogP contribution in [0.4, 0.5) is 5.69 Å². The minimum atomic E-state index is -0.572. The number of nitrogens with one attached hydrogen (secondary N) is 1. The van der Waals surface area contributed by atoms with Crippen molar-refractivity contribution >= 4 is 11.6 Å². The number of nitrogens with zero attached hydrogens (tertiary/aromatic N) is 1. The fourth-order valence-corrected chi connectivity index (χ4v) is 1.53. The fraction of sp³-hybridized carbons (Fsp3) is 0.308. The van der Waals surface area contributed by atoms with Crippen molar-refractivity contribution in [3.05, 3.63) is 39.9 Å². The number of rotatable bonds is 5. The van der Waals surface area contributed by atoms with Gasteiger partial charge in [0.25, 0.3) is 11.6 Å². The first-order valence-electron chi connectivity index (χ1n) is 5.57. The van der Waals surface area contributed by atoms with E-state index in [1.807, 2.05) is 6.92 Å². The van der Waals surface area contributed by atoms with E-state index in [4.69, 9.17) is 6.42 Å². The normalized spacial score (nSPS) is 11.3. The molecule has 0 saturated heterocycles. The van der Waals surface area contributed by atoms with Crippen LogP contribution in [0.25, 0.3) is 0 Å². The first kappa shape index (κ1) is 13.7. The van der Waals surface area contributed by atoms with Crippen LogP contribution in [0.1, 0.15) is 30.1 Å². The van der Waals surface area contributed by atoms with Crippen molar-refractivity contribution < 1.29 is 9.72 Å². The third-order valence-electron chi connectivity index (χ3n) is 2.54. The van der Waals surface area contributed by atoms with E-state index in [1.165, 1.54) is 18.2 Å². The van der Waals surface area contributed by atoms with Crippen molar-refractivity contribution in [1.29, 1.82) is 0 Å². The lowest BCUT2D eigenvalue weighted by atomic mass is 10.1. The van der Waals surface area contributed by atoms with Crippen LogP contribution in [0.5, 0.6) is 0 Å². The predicted octanol–water partition coefficient (Wildman–Crippen LogP) is 2.13. The summed E-state index contributed by atoms with van der Waals surface area (Å²) in [4.78, 5) is 22.2. The molecule has 0 bridgehead atoms. The van der Waals surface area contributed by atoms with Gasteiger partial charge in [0, 0.05) is 18.5 Å². The SMILES string of the molecule is C#CCC(CC)NC(=O)c1ccccc1[N+](=O)[O-]. The second-order valence-corrected chi connectivity index (χ2v) is 3.76. The van der Waals surface area contributed by atoms with E-state index in [1.54, 1.807) is 6.07 Å². The van der Waals surface area contributed by atoms with Gasteiger partial charge in [-0.15, -0.1) is 12.3 Å². The van der Waals surface area contributed by atoms with Gasteiger partial charge in [0.15, 0.2) is 0 Å². The van der Waals surface area contributed by atoms with Crippen LogP contribution in [0.3, 0.4) is 0 Å². The van der Waals surface area contributed by atoms with E-state index in [9.17, 15) is 14.9 Å². The number of carbonyl (C=O) groups is 1. The molecule has 1 N–H and O–H groups in total. The Morgan fingerprint density at radius 3 is 2.78 bits per heavy atom. The van der Waals surface area contributed by atoms with Crippen LogP contribution >= 0.6 is 0 Å².